The van der Waals surface area contributed by atoms with Gasteiger partial charge in [0, 0.05) is 17.2 Å². The van der Waals surface area contributed by atoms with Crippen LogP contribution in [0.5, 0.6) is 0 Å². The van der Waals surface area contributed by atoms with Crippen LogP contribution in [0.1, 0.15) is 0 Å². The molecular weight excluding hydrogens is 212 g/mol. The third-order valence-corrected chi connectivity index (χ3v) is 2.19. The van der Waals surface area contributed by atoms with E-state index in [0.29, 0.717) is 5.13 Å². The number of benzene rings is 1. The minimum atomic E-state index is -0.321. The van der Waals surface area contributed by atoms with Gasteiger partial charge in [-0.25, -0.2) is 9.78 Å². The molecule has 5 nitrogen and oxygen atoms in total. The Hall–Kier alpha value is -1.95. The van der Waals surface area contributed by atoms with Crippen LogP contribution in [0.3, 0.4) is 0 Å². The first-order valence-corrected chi connectivity index (χ1v) is 5.01. The predicted molar refractivity (Wildman–Crippen MR) is 59.0 cm³/mol. The third-order valence-electron chi connectivity index (χ3n) is 1.61. The number of urea groups is 1. The molecule has 0 saturated carbocycles. The number of hydrogen-bond acceptors (Lipinski definition) is 4. The van der Waals surface area contributed by atoms with Gasteiger partial charge in [0.25, 0.3) is 0 Å². The van der Waals surface area contributed by atoms with Crippen molar-refractivity contribution in [2.45, 2.75) is 0 Å². The Kier molecular flexibility index (Phi) is 2.89. The zero-order chi connectivity index (χ0) is 10.5. The van der Waals surface area contributed by atoms with Crippen LogP contribution in [0.25, 0.3) is 0 Å². The summed E-state index contributed by atoms with van der Waals surface area (Å²) in [7, 11) is 0. The smallest absolute Gasteiger partial charge is 0.308 e. The molecule has 0 aliphatic carbocycles. The standard InChI is InChI=1S/C9H8N4OS/c14-8(13-9-10-6-11-15-9)12-7-4-2-1-3-5-7/h1-6H,(H2,10,11,12,13,14). The Morgan fingerprint density at radius 3 is 2.67 bits per heavy atom. The molecular formula is C9H8N4OS. The fourth-order valence-corrected chi connectivity index (χ4v) is 1.44. The number of aromatic nitrogens is 2. The Balaban J connectivity index is 1.94. The summed E-state index contributed by atoms with van der Waals surface area (Å²) in [5, 5.41) is 5.71. The fourth-order valence-electron chi connectivity index (χ4n) is 1.01. The van der Waals surface area contributed by atoms with Crippen molar-refractivity contribution in [2.24, 2.45) is 0 Å². The molecule has 0 spiro atoms. The Morgan fingerprint density at radius 1 is 1.20 bits per heavy atom. The average molecular weight is 220 g/mol. The van der Waals surface area contributed by atoms with Crippen LogP contribution in [-0.2, 0) is 0 Å². The van der Waals surface area contributed by atoms with E-state index in [1.165, 1.54) is 6.33 Å². The molecule has 6 heteroatoms. The van der Waals surface area contributed by atoms with E-state index in [1.807, 2.05) is 18.2 Å². The molecule has 1 aromatic carbocycles. The van der Waals surface area contributed by atoms with Gasteiger partial charge in [-0.1, -0.05) is 18.2 Å². The van der Waals surface area contributed by atoms with Crippen LogP contribution in [-0.4, -0.2) is 15.4 Å². The van der Waals surface area contributed by atoms with Gasteiger partial charge >= 0.3 is 6.03 Å². The van der Waals surface area contributed by atoms with Gasteiger partial charge in [-0.15, -0.1) is 0 Å². The van der Waals surface area contributed by atoms with Gasteiger partial charge in [-0.3, -0.25) is 5.32 Å². The number of anilines is 2. The molecule has 0 fully saturated rings. The summed E-state index contributed by atoms with van der Waals surface area (Å²) in [6.07, 6.45) is 1.39. The van der Waals surface area contributed by atoms with E-state index < -0.39 is 0 Å². The molecule has 0 unspecified atom stereocenters. The SMILES string of the molecule is O=C(Nc1ccccc1)Nc1ncns1. The maximum atomic E-state index is 11.4. The van der Waals surface area contributed by atoms with Crippen LogP contribution in [0.4, 0.5) is 15.6 Å². The highest BCUT2D eigenvalue weighted by Crippen LogP contribution is 2.09. The molecule has 76 valence electrons. The van der Waals surface area contributed by atoms with Crippen molar-refractivity contribution < 1.29 is 4.79 Å². The summed E-state index contributed by atoms with van der Waals surface area (Å²) >= 11 is 1.13. The Morgan fingerprint density at radius 2 is 2.00 bits per heavy atom. The van der Waals surface area contributed by atoms with Crippen LogP contribution < -0.4 is 10.6 Å². The number of amides is 2. The minimum absolute atomic E-state index is 0.321. The van der Waals surface area contributed by atoms with Crippen molar-refractivity contribution in [1.29, 1.82) is 0 Å². The van der Waals surface area contributed by atoms with Gasteiger partial charge in [0.1, 0.15) is 6.33 Å². The molecule has 0 aliphatic heterocycles. The van der Waals surface area contributed by atoms with Crippen molar-refractivity contribution in [1.82, 2.24) is 9.36 Å². The lowest BCUT2D eigenvalue weighted by Gasteiger charge is -2.03. The molecule has 2 N–H and O–H groups in total. The highest BCUT2D eigenvalue weighted by atomic mass is 32.1. The van der Waals surface area contributed by atoms with Crippen LogP contribution in [0.2, 0.25) is 0 Å². The number of carbonyl (C=O) groups excluding carboxylic acids is 1. The molecule has 2 amide bonds. The van der Waals surface area contributed by atoms with E-state index in [2.05, 4.69) is 20.0 Å². The molecule has 15 heavy (non-hydrogen) atoms. The molecule has 1 heterocycles. The second kappa shape index (κ2) is 4.52. The van der Waals surface area contributed by atoms with Crippen molar-refractivity contribution in [3.8, 4) is 0 Å². The number of rotatable bonds is 2. The van der Waals surface area contributed by atoms with Gasteiger partial charge in [0.15, 0.2) is 0 Å². The molecule has 0 atom stereocenters. The fraction of sp³-hybridized carbons (Fsp3) is 0. The Labute approximate surface area is 90.3 Å². The summed E-state index contributed by atoms with van der Waals surface area (Å²) < 4.78 is 3.77. The predicted octanol–water partition coefficient (Wildman–Crippen LogP) is 2.18. The molecule has 2 aromatic rings. The lowest BCUT2D eigenvalue weighted by molar-refractivity contribution is 0.262. The number of nitrogens with zero attached hydrogens (tertiary/aromatic N) is 2. The Bertz CT molecular complexity index is 429. The monoisotopic (exact) mass is 220 g/mol. The minimum Gasteiger partial charge on any atom is -0.308 e. The van der Waals surface area contributed by atoms with E-state index in [0.717, 1.165) is 17.2 Å². The highest BCUT2D eigenvalue weighted by Gasteiger charge is 2.03. The first-order valence-electron chi connectivity index (χ1n) is 4.24. The van der Waals surface area contributed by atoms with Gasteiger partial charge < -0.3 is 5.32 Å². The van der Waals surface area contributed by atoms with E-state index in [4.69, 9.17) is 0 Å². The molecule has 0 bridgehead atoms. The molecule has 0 aliphatic rings. The van der Waals surface area contributed by atoms with Gasteiger partial charge in [0.2, 0.25) is 5.13 Å². The van der Waals surface area contributed by atoms with Crippen LogP contribution >= 0.6 is 11.5 Å². The lowest BCUT2D eigenvalue weighted by Crippen LogP contribution is -2.19. The van der Waals surface area contributed by atoms with Crippen LogP contribution in [0.15, 0.2) is 36.7 Å². The van der Waals surface area contributed by atoms with Crippen molar-refractivity contribution in [3.05, 3.63) is 36.7 Å². The van der Waals surface area contributed by atoms with E-state index in [1.54, 1.807) is 12.1 Å². The van der Waals surface area contributed by atoms with Gasteiger partial charge in [-0.05, 0) is 12.1 Å². The summed E-state index contributed by atoms with van der Waals surface area (Å²) in [6.45, 7) is 0. The first-order chi connectivity index (χ1) is 7.34. The summed E-state index contributed by atoms with van der Waals surface area (Å²) in [6, 6.07) is 8.87. The maximum Gasteiger partial charge on any atom is 0.325 e. The summed E-state index contributed by atoms with van der Waals surface area (Å²) in [5.41, 5.74) is 0.736. The molecule has 1 aromatic heterocycles. The van der Waals surface area contributed by atoms with E-state index >= 15 is 0 Å². The molecule has 0 radical (unpaired) electrons. The normalized spacial score (nSPS) is 9.60. The topological polar surface area (TPSA) is 66.9 Å². The number of carbonyl (C=O) groups is 1. The van der Waals surface area contributed by atoms with E-state index in [-0.39, 0.29) is 6.03 Å². The lowest BCUT2D eigenvalue weighted by atomic mass is 10.3. The van der Waals surface area contributed by atoms with Crippen molar-refractivity contribution >= 4 is 28.4 Å². The van der Waals surface area contributed by atoms with Crippen LogP contribution in [0, 0.1) is 0 Å². The quantitative estimate of drug-likeness (QED) is 0.815. The molecule has 2 rings (SSSR count). The highest BCUT2D eigenvalue weighted by molar-refractivity contribution is 7.09. The molecule has 0 saturated heterocycles. The van der Waals surface area contributed by atoms with Crippen molar-refractivity contribution in [3.63, 3.8) is 0 Å². The zero-order valence-corrected chi connectivity index (χ0v) is 8.49. The van der Waals surface area contributed by atoms with Gasteiger partial charge in [0.05, 0.1) is 0 Å². The summed E-state index contributed by atoms with van der Waals surface area (Å²) in [5.74, 6) is 0. The summed E-state index contributed by atoms with van der Waals surface area (Å²) in [4.78, 5) is 15.2. The average Bonchev–Trinajstić information content (AvgIpc) is 2.71. The van der Waals surface area contributed by atoms with E-state index in [9.17, 15) is 4.79 Å². The van der Waals surface area contributed by atoms with Gasteiger partial charge in [-0.2, -0.15) is 4.37 Å². The second-order valence-electron chi connectivity index (χ2n) is 2.69. The second-order valence-corrected chi connectivity index (χ2v) is 3.47. The zero-order valence-electron chi connectivity index (χ0n) is 7.68. The maximum absolute atomic E-state index is 11.4. The van der Waals surface area contributed by atoms with Crippen molar-refractivity contribution in [2.75, 3.05) is 10.6 Å². The first kappa shape index (κ1) is 9.60. The largest absolute Gasteiger partial charge is 0.325 e. The third kappa shape index (κ3) is 2.75. The number of hydrogen-bond donors (Lipinski definition) is 2. The number of para-hydroxylation sites is 1. The number of nitrogens with one attached hydrogen (secondary N) is 2.